The van der Waals surface area contributed by atoms with Gasteiger partial charge in [-0.2, -0.15) is 0 Å². The quantitative estimate of drug-likeness (QED) is 0.121. The van der Waals surface area contributed by atoms with Gasteiger partial charge in [-0.3, -0.25) is 0 Å². The van der Waals surface area contributed by atoms with Crippen LogP contribution in [0.3, 0.4) is 0 Å². The Balaban J connectivity index is 1.08. The van der Waals surface area contributed by atoms with Gasteiger partial charge in [-0.15, -0.1) is 11.3 Å². The lowest BCUT2D eigenvalue weighted by atomic mass is 9.33. The Kier molecular flexibility index (Phi) is 12.5. The topological polar surface area (TPSA) is 6.48 Å². The maximum Gasteiger partial charge on any atom is 0.252 e. The molecule has 0 saturated carbocycles. The molecule has 0 spiro atoms. The highest BCUT2D eigenvalue weighted by molar-refractivity contribution is 7.26. The summed E-state index contributed by atoms with van der Waals surface area (Å²) in [6.07, 6.45) is 0. The number of hydrogen-bond acceptors (Lipinski definition) is 3. The minimum absolute atomic E-state index is 0.182. The van der Waals surface area contributed by atoms with Crippen LogP contribution < -0.4 is 26.2 Å². The fraction of sp³-hybridized carbons (Fsp3) is 0.0870. The molecule has 0 atom stereocenters. The van der Waals surface area contributed by atoms with Crippen LogP contribution in [0.4, 0.5) is 34.1 Å². The summed E-state index contributed by atoms with van der Waals surface area (Å²) in [4.78, 5) is 5.57. The van der Waals surface area contributed by atoms with E-state index in [1.165, 1.54) is 180 Å². The standard InChI is InChI=1S/C92H67BN2S/c1-91(2,3)60-47-71(56-29-11-7-12-30-56)87(72(48-60)57-31-13-8-14-32-57)94-82-53-77-68-43-25-21-39-64(68)62-37-19-23-41-66(62)75(77)51-80(82)93-81-52-76-67-42-24-20-38-63(67)65-40-22-26-44-69(65)78(76)54-83(81)95(89-86(93)84(94)55-79-70-45-27-28-46-85(70)96-90(79)89)88-73(58-33-15-9-16-34-58)49-61(92(4,5)6)50-74(88)59-35-17-10-18-36-59/h7-55H,1-6H3. The summed E-state index contributed by atoms with van der Waals surface area (Å²) in [5.41, 5.74) is 22.5. The minimum Gasteiger partial charge on any atom is -0.310 e. The first-order valence-electron chi connectivity index (χ1n) is 33.8. The maximum absolute atomic E-state index is 2.80. The molecule has 0 amide bonds. The monoisotopic (exact) mass is 1240 g/mol. The molecule has 0 radical (unpaired) electrons. The number of nitrogens with zero attached hydrogens (tertiary/aromatic N) is 2. The molecular weight excluding hydrogens is 1180 g/mol. The Morgan fingerprint density at radius 2 is 0.552 bits per heavy atom. The molecule has 2 nitrogen and oxygen atoms in total. The fourth-order valence-corrected chi connectivity index (χ4v) is 17.7. The van der Waals surface area contributed by atoms with Crippen LogP contribution in [0.2, 0.25) is 0 Å². The molecule has 0 fully saturated rings. The second-order valence-electron chi connectivity index (χ2n) is 28.6. The second-order valence-corrected chi connectivity index (χ2v) is 29.7. The molecule has 2 aliphatic rings. The SMILES string of the molecule is CC(C)(C)c1cc(-c2ccccc2)c(N2c3cc4c5ccccc5c5ccccc5c4cc3B3c4cc5c6ccccc6c6ccccc6c5cc4N(c4c(-c5ccccc5)cc(C(C)(C)C)cc4-c4ccccc4)c4c3c2cc2c4sc3ccccc32)c(-c2ccccc2)c1. The predicted octanol–water partition coefficient (Wildman–Crippen LogP) is 24.3. The third-order valence-corrected chi connectivity index (χ3v) is 22.2. The summed E-state index contributed by atoms with van der Waals surface area (Å²) < 4.78 is 2.53. The van der Waals surface area contributed by atoms with E-state index in [1.807, 2.05) is 11.3 Å². The van der Waals surface area contributed by atoms with E-state index in [4.69, 9.17) is 0 Å². The highest BCUT2D eigenvalue weighted by Gasteiger charge is 2.47. The molecule has 0 aliphatic carbocycles. The van der Waals surface area contributed by atoms with Crippen molar-refractivity contribution < 1.29 is 0 Å². The molecule has 0 unspecified atom stereocenters. The number of thiophene rings is 1. The van der Waals surface area contributed by atoms with Gasteiger partial charge in [-0.1, -0.05) is 290 Å². The van der Waals surface area contributed by atoms with Crippen molar-refractivity contribution in [3.63, 3.8) is 0 Å². The van der Waals surface area contributed by atoms with E-state index in [2.05, 4.69) is 349 Å². The van der Waals surface area contributed by atoms with Crippen molar-refractivity contribution in [3.8, 4) is 44.5 Å². The van der Waals surface area contributed by atoms with Gasteiger partial charge in [0.1, 0.15) is 0 Å². The van der Waals surface area contributed by atoms with Gasteiger partial charge in [0.25, 0.3) is 6.71 Å². The van der Waals surface area contributed by atoms with Crippen LogP contribution in [0.15, 0.2) is 297 Å². The third-order valence-electron chi connectivity index (χ3n) is 21.0. The normalized spacial score (nSPS) is 13.0. The van der Waals surface area contributed by atoms with E-state index in [0.29, 0.717) is 0 Å². The van der Waals surface area contributed by atoms with Gasteiger partial charge in [0, 0.05) is 54.8 Å². The summed E-state index contributed by atoms with van der Waals surface area (Å²) >= 11 is 1.94. The average molecular weight is 1240 g/mol. The molecule has 0 N–H and O–H groups in total. The summed E-state index contributed by atoms with van der Waals surface area (Å²) in [6.45, 7) is 13.9. The van der Waals surface area contributed by atoms with E-state index in [-0.39, 0.29) is 17.5 Å². The van der Waals surface area contributed by atoms with Gasteiger partial charge in [-0.25, -0.2) is 0 Å². The molecule has 16 aromatic carbocycles. The molecule has 0 bridgehead atoms. The van der Waals surface area contributed by atoms with Crippen LogP contribution in [0.5, 0.6) is 0 Å². The molecular formula is C92H67BN2S. The van der Waals surface area contributed by atoms with Gasteiger partial charge >= 0.3 is 0 Å². The Morgan fingerprint density at radius 3 is 0.917 bits per heavy atom. The van der Waals surface area contributed by atoms with Crippen molar-refractivity contribution in [2.75, 3.05) is 9.80 Å². The van der Waals surface area contributed by atoms with E-state index in [9.17, 15) is 0 Å². The molecule has 4 heteroatoms. The number of rotatable bonds is 6. The van der Waals surface area contributed by atoms with Crippen molar-refractivity contribution in [2.24, 2.45) is 0 Å². The summed E-state index contributed by atoms with van der Waals surface area (Å²) in [7, 11) is 0. The van der Waals surface area contributed by atoms with Crippen LogP contribution in [0.25, 0.3) is 129 Å². The van der Waals surface area contributed by atoms with Crippen molar-refractivity contribution in [2.45, 2.75) is 52.4 Å². The van der Waals surface area contributed by atoms with Crippen LogP contribution in [0.1, 0.15) is 52.7 Å². The first-order chi connectivity index (χ1) is 46.9. The number of benzene rings is 16. The van der Waals surface area contributed by atoms with Gasteiger partial charge in [0.05, 0.1) is 21.8 Å². The van der Waals surface area contributed by atoms with Crippen molar-refractivity contribution in [3.05, 3.63) is 308 Å². The van der Waals surface area contributed by atoms with Gasteiger partial charge < -0.3 is 9.80 Å². The molecule has 17 aromatic rings. The number of hydrogen-bond donors (Lipinski definition) is 0. The van der Waals surface area contributed by atoms with Crippen LogP contribution in [0, 0.1) is 0 Å². The molecule has 96 heavy (non-hydrogen) atoms. The lowest BCUT2D eigenvalue weighted by Crippen LogP contribution is -2.61. The van der Waals surface area contributed by atoms with E-state index in [0.717, 1.165) is 11.4 Å². The summed E-state index contributed by atoms with van der Waals surface area (Å²) in [6, 6.07) is 114. The zero-order chi connectivity index (χ0) is 64.3. The Labute approximate surface area is 564 Å². The Hall–Kier alpha value is -11.0. The first kappa shape index (κ1) is 56.5. The van der Waals surface area contributed by atoms with Crippen LogP contribution >= 0.6 is 11.3 Å². The predicted molar refractivity (Wildman–Crippen MR) is 418 cm³/mol. The Morgan fingerprint density at radius 1 is 0.260 bits per heavy atom. The average Bonchev–Trinajstić information content (AvgIpc) is 1.37. The smallest absolute Gasteiger partial charge is 0.252 e. The van der Waals surface area contributed by atoms with Gasteiger partial charge in [0.15, 0.2) is 0 Å². The number of anilines is 6. The molecule has 19 rings (SSSR count). The molecule has 1 aromatic heterocycles. The lowest BCUT2D eigenvalue weighted by molar-refractivity contribution is 0.590. The lowest BCUT2D eigenvalue weighted by Gasteiger charge is -2.46. The molecule has 0 saturated heterocycles. The minimum atomic E-state index is -0.255. The first-order valence-corrected chi connectivity index (χ1v) is 34.7. The zero-order valence-corrected chi connectivity index (χ0v) is 55.5. The summed E-state index contributed by atoms with van der Waals surface area (Å²) in [5.74, 6) is 0. The van der Waals surface area contributed by atoms with Crippen molar-refractivity contribution in [1.82, 2.24) is 0 Å². The van der Waals surface area contributed by atoms with Gasteiger partial charge in [0.2, 0.25) is 0 Å². The Bertz CT molecular complexity index is 5920. The fourth-order valence-electron chi connectivity index (χ4n) is 16.5. The van der Waals surface area contributed by atoms with E-state index in [1.54, 1.807) is 0 Å². The highest BCUT2D eigenvalue weighted by Crippen LogP contribution is 2.58. The van der Waals surface area contributed by atoms with E-state index >= 15 is 0 Å². The van der Waals surface area contributed by atoms with Crippen LogP contribution in [-0.4, -0.2) is 6.71 Å². The summed E-state index contributed by atoms with van der Waals surface area (Å²) in [5, 5.41) is 17.5. The molecule has 3 heterocycles. The number of fused-ring (bicyclic) bond motifs is 20. The third kappa shape index (κ3) is 8.51. The molecule has 454 valence electrons. The maximum atomic E-state index is 2.80. The largest absolute Gasteiger partial charge is 0.310 e. The van der Waals surface area contributed by atoms with Crippen LogP contribution in [-0.2, 0) is 10.8 Å². The van der Waals surface area contributed by atoms with E-state index < -0.39 is 0 Å². The highest BCUT2D eigenvalue weighted by atomic mass is 32.1. The van der Waals surface area contributed by atoms with Gasteiger partial charge in [-0.05, 0) is 174 Å². The van der Waals surface area contributed by atoms with Crippen molar-refractivity contribution >= 4 is 153 Å². The zero-order valence-electron chi connectivity index (χ0n) is 54.7. The van der Waals surface area contributed by atoms with Crippen molar-refractivity contribution in [1.29, 1.82) is 0 Å². The second kappa shape index (κ2) is 21.2. The molecule has 2 aliphatic heterocycles.